The van der Waals surface area contributed by atoms with Crippen LogP contribution in [0, 0.1) is 16.7 Å². The van der Waals surface area contributed by atoms with E-state index < -0.39 is 6.10 Å². The first kappa shape index (κ1) is 7.56. The zero-order valence-electron chi connectivity index (χ0n) is 6.30. The van der Waals surface area contributed by atoms with Crippen LogP contribution in [0.4, 0.5) is 0 Å². The van der Waals surface area contributed by atoms with E-state index in [1.165, 1.54) is 0 Å². The second-order valence-electron chi connectivity index (χ2n) is 3.05. The van der Waals surface area contributed by atoms with E-state index in [1.54, 1.807) is 0 Å². The van der Waals surface area contributed by atoms with Gasteiger partial charge in [0, 0.05) is 0 Å². The standard InChI is InChI=1S/C8H13NO/c1-2-7(10)8(6-9)4-3-5-8/h7,10H,2-5H2,1H3. The zero-order valence-corrected chi connectivity index (χ0v) is 6.30. The fourth-order valence-electron chi connectivity index (χ4n) is 1.47. The molecule has 0 aromatic rings. The number of nitriles is 1. The minimum absolute atomic E-state index is 0.366. The van der Waals surface area contributed by atoms with E-state index in [2.05, 4.69) is 6.07 Å². The normalized spacial score (nSPS) is 24.5. The van der Waals surface area contributed by atoms with Crippen molar-refractivity contribution in [2.45, 2.75) is 38.7 Å². The number of aliphatic hydroxyl groups is 1. The highest BCUT2D eigenvalue weighted by molar-refractivity contribution is 5.08. The van der Waals surface area contributed by atoms with Gasteiger partial charge < -0.3 is 5.11 Å². The molecule has 1 fully saturated rings. The van der Waals surface area contributed by atoms with E-state index in [0.717, 1.165) is 19.3 Å². The summed E-state index contributed by atoms with van der Waals surface area (Å²) < 4.78 is 0. The SMILES string of the molecule is CCC(O)C1(C#N)CCC1. The van der Waals surface area contributed by atoms with Crippen LogP contribution in [0.1, 0.15) is 32.6 Å². The van der Waals surface area contributed by atoms with Crippen LogP contribution in [0.25, 0.3) is 0 Å². The van der Waals surface area contributed by atoms with Gasteiger partial charge in [0.05, 0.1) is 17.6 Å². The molecule has 1 aliphatic rings. The van der Waals surface area contributed by atoms with Crippen molar-refractivity contribution in [3.8, 4) is 6.07 Å². The van der Waals surface area contributed by atoms with Crippen molar-refractivity contribution in [3.05, 3.63) is 0 Å². The Morgan fingerprint density at radius 1 is 1.70 bits per heavy atom. The summed E-state index contributed by atoms with van der Waals surface area (Å²) in [5.41, 5.74) is -0.366. The molecule has 0 bridgehead atoms. The summed E-state index contributed by atoms with van der Waals surface area (Å²) in [7, 11) is 0. The maximum absolute atomic E-state index is 9.41. The van der Waals surface area contributed by atoms with Gasteiger partial charge in [0.2, 0.25) is 0 Å². The largest absolute Gasteiger partial charge is 0.391 e. The van der Waals surface area contributed by atoms with Crippen LogP contribution in [0.3, 0.4) is 0 Å². The van der Waals surface area contributed by atoms with Gasteiger partial charge in [-0.2, -0.15) is 5.26 Å². The van der Waals surface area contributed by atoms with Gasteiger partial charge in [0.1, 0.15) is 0 Å². The number of hydrogen-bond acceptors (Lipinski definition) is 2. The molecule has 10 heavy (non-hydrogen) atoms. The summed E-state index contributed by atoms with van der Waals surface area (Å²) in [4.78, 5) is 0. The van der Waals surface area contributed by atoms with Gasteiger partial charge in [-0.05, 0) is 19.3 Å². The lowest BCUT2D eigenvalue weighted by molar-refractivity contribution is 0.00739. The van der Waals surface area contributed by atoms with Crippen LogP contribution in [-0.4, -0.2) is 11.2 Å². The van der Waals surface area contributed by atoms with E-state index in [4.69, 9.17) is 5.26 Å². The fraction of sp³-hybridized carbons (Fsp3) is 0.875. The molecule has 0 aromatic heterocycles. The Morgan fingerprint density at radius 3 is 2.40 bits per heavy atom. The molecular formula is C8H13NO. The second-order valence-corrected chi connectivity index (χ2v) is 3.05. The summed E-state index contributed by atoms with van der Waals surface area (Å²) >= 11 is 0. The molecule has 0 aliphatic heterocycles. The van der Waals surface area contributed by atoms with E-state index in [0.29, 0.717) is 6.42 Å². The van der Waals surface area contributed by atoms with Gasteiger partial charge in [-0.3, -0.25) is 0 Å². The molecule has 1 saturated carbocycles. The fourth-order valence-corrected chi connectivity index (χ4v) is 1.47. The summed E-state index contributed by atoms with van der Waals surface area (Å²) in [6, 6.07) is 2.22. The molecular weight excluding hydrogens is 126 g/mol. The minimum atomic E-state index is -0.397. The Labute approximate surface area is 61.5 Å². The Kier molecular flexibility index (Phi) is 1.96. The zero-order chi connectivity index (χ0) is 7.61. The average Bonchev–Trinajstić information content (AvgIpc) is 1.86. The van der Waals surface area contributed by atoms with Crippen molar-refractivity contribution < 1.29 is 5.11 Å². The minimum Gasteiger partial charge on any atom is -0.391 e. The third-order valence-electron chi connectivity index (χ3n) is 2.49. The Morgan fingerprint density at radius 2 is 2.30 bits per heavy atom. The van der Waals surface area contributed by atoms with Crippen LogP contribution in [0.15, 0.2) is 0 Å². The molecule has 0 aromatic carbocycles. The summed E-state index contributed by atoms with van der Waals surface area (Å²) in [6.07, 6.45) is 3.18. The molecule has 0 saturated heterocycles. The molecule has 2 heteroatoms. The maximum atomic E-state index is 9.41. The van der Waals surface area contributed by atoms with Crippen LogP contribution in [0.2, 0.25) is 0 Å². The van der Waals surface area contributed by atoms with Crippen molar-refractivity contribution >= 4 is 0 Å². The highest BCUT2D eigenvalue weighted by Gasteiger charge is 2.42. The van der Waals surface area contributed by atoms with Crippen LogP contribution in [-0.2, 0) is 0 Å². The van der Waals surface area contributed by atoms with Crippen LogP contribution in [0.5, 0.6) is 0 Å². The van der Waals surface area contributed by atoms with Gasteiger partial charge in [-0.1, -0.05) is 13.3 Å². The van der Waals surface area contributed by atoms with Gasteiger partial charge in [-0.25, -0.2) is 0 Å². The lowest BCUT2D eigenvalue weighted by Gasteiger charge is -2.38. The molecule has 1 atom stereocenters. The van der Waals surface area contributed by atoms with Crippen LogP contribution >= 0.6 is 0 Å². The van der Waals surface area contributed by atoms with Crippen molar-refractivity contribution in [1.29, 1.82) is 5.26 Å². The smallest absolute Gasteiger partial charge is 0.0832 e. The van der Waals surface area contributed by atoms with Gasteiger partial charge in [0.25, 0.3) is 0 Å². The molecule has 1 unspecified atom stereocenters. The third kappa shape index (κ3) is 0.911. The predicted molar refractivity (Wildman–Crippen MR) is 38.2 cm³/mol. The highest BCUT2D eigenvalue weighted by Crippen LogP contribution is 2.44. The number of rotatable bonds is 2. The van der Waals surface area contributed by atoms with Crippen molar-refractivity contribution in [1.82, 2.24) is 0 Å². The molecule has 0 amide bonds. The average molecular weight is 139 g/mol. The summed E-state index contributed by atoms with van der Waals surface area (Å²) in [5, 5.41) is 18.1. The lowest BCUT2D eigenvalue weighted by atomic mass is 9.65. The molecule has 0 radical (unpaired) electrons. The van der Waals surface area contributed by atoms with E-state index in [9.17, 15) is 5.11 Å². The van der Waals surface area contributed by atoms with Gasteiger partial charge >= 0.3 is 0 Å². The van der Waals surface area contributed by atoms with Crippen molar-refractivity contribution in [2.75, 3.05) is 0 Å². The number of aliphatic hydroxyl groups excluding tert-OH is 1. The Hall–Kier alpha value is -0.550. The first-order valence-corrected chi connectivity index (χ1v) is 3.84. The molecule has 1 rings (SSSR count). The maximum Gasteiger partial charge on any atom is 0.0832 e. The molecule has 0 spiro atoms. The summed E-state index contributed by atoms with van der Waals surface area (Å²) in [5.74, 6) is 0. The van der Waals surface area contributed by atoms with Crippen molar-refractivity contribution in [2.24, 2.45) is 5.41 Å². The Bertz CT molecular complexity index is 155. The lowest BCUT2D eigenvalue weighted by Crippen LogP contribution is -2.39. The molecule has 56 valence electrons. The Balaban J connectivity index is 2.57. The second kappa shape index (κ2) is 2.59. The van der Waals surface area contributed by atoms with Gasteiger partial charge in [0.15, 0.2) is 0 Å². The number of hydrogen-bond donors (Lipinski definition) is 1. The number of nitrogens with zero attached hydrogens (tertiary/aromatic N) is 1. The first-order chi connectivity index (χ1) is 4.75. The van der Waals surface area contributed by atoms with E-state index in [1.807, 2.05) is 6.92 Å². The third-order valence-corrected chi connectivity index (χ3v) is 2.49. The topological polar surface area (TPSA) is 44.0 Å². The molecule has 1 N–H and O–H groups in total. The molecule has 2 nitrogen and oxygen atoms in total. The quantitative estimate of drug-likeness (QED) is 0.629. The first-order valence-electron chi connectivity index (χ1n) is 3.84. The summed E-state index contributed by atoms with van der Waals surface area (Å²) in [6.45, 7) is 1.92. The highest BCUT2D eigenvalue weighted by atomic mass is 16.3. The predicted octanol–water partition coefficient (Wildman–Crippen LogP) is 1.45. The molecule has 0 heterocycles. The van der Waals surface area contributed by atoms with Crippen LogP contribution < -0.4 is 0 Å². The van der Waals surface area contributed by atoms with E-state index in [-0.39, 0.29) is 5.41 Å². The van der Waals surface area contributed by atoms with Crippen molar-refractivity contribution in [3.63, 3.8) is 0 Å². The van der Waals surface area contributed by atoms with Gasteiger partial charge in [-0.15, -0.1) is 0 Å². The molecule has 1 aliphatic carbocycles. The van der Waals surface area contributed by atoms with E-state index >= 15 is 0 Å². The monoisotopic (exact) mass is 139 g/mol.